The second kappa shape index (κ2) is 11.9. The standard InChI is InChI=1S/C36H37N3O2/c1-5-32(33-37-31-19-13-12-18-30(31)35(41)39(33)29-16-10-7-11-17-29)38(25-24-26-14-8-6-9-15-26)34(40)27-20-22-28(23-21-27)36(2,3)4/h6-23,32H,5,24-25H2,1-4H3. The Morgan fingerprint density at radius 3 is 2.07 bits per heavy atom. The van der Waals surface area contributed by atoms with E-state index in [1.54, 1.807) is 4.57 Å². The molecule has 4 aromatic carbocycles. The first-order chi connectivity index (χ1) is 19.8. The summed E-state index contributed by atoms with van der Waals surface area (Å²) in [6.07, 6.45) is 1.28. The predicted octanol–water partition coefficient (Wildman–Crippen LogP) is 7.52. The molecule has 0 aliphatic heterocycles. The van der Waals surface area contributed by atoms with E-state index in [0.29, 0.717) is 41.7 Å². The number of hydrogen-bond acceptors (Lipinski definition) is 3. The van der Waals surface area contributed by atoms with Crippen LogP contribution >= 0.6 is 0 Å². The second-order valence-corrected chi connectivity index (χ2v) is 11.4. The van der Waals surface area contributed by atoms with Gasteiger partial charge in [-0.15, -0.1) is 0 Å². The molecule has 1 heterocycles. The van der Waals surface area contributed by atoms with Crippen LogP contribution in [0.3, 0.4) is 0 Å². The zero-order valence-electron chi connectivity index (χ0n) is 24.2. The van der Waals surface area contributed by atoms with Gasteiger partial charge in [-0.2, -0.15) is 0 Å². The topological polar surface area (TPSA) is 55.2 Å². The highest BCUT2D eigenvalue weighted by Crippen LogP contribution is 2.29. The molecule has 5 heteroatoms. The van der Waals surface area contributed by atoms with Gasteiger partial charge in [-0.1, -0.05) is 100 Å². The first-order valence-corrected chi connectivity index (χ1v) is 14.3. The lowest BCUT2D eigenvalue weighted by Gasteiger charge is -2.33. The number of benzene rings is 4. The zero-order valence-corrected chi connectivity index (χ0v) is 24.2. The van der Waals surface area contributed by atoms with E-state index >= 15 is 0 Å². The summed E-state index contributed by atoms with van der Waals surface area (Å²) in [4.78, 5) is 35.2. The van der Waals surface area contributed by atoms with Crippen LogP contribution in [0.25, 0.3) is 16.6 Å². The van der Waals surface area contributed by atoms with E-state index in [4.69, 9.17) is 4.98 Å². The molecule has 1 unspecified atom stereocenters. The highest BCUT2D eigenvalue weighted by molar-refractivity contribution is 5.94. The van der Waals surface area contributed by atoms with Crippen LogP contribution in [0.4, 0.5) is 0 Å². The van der Waals surface area contributed by atoms with Crippen LogP contribution in [-0.2, 0) is 11.8 Å². The fraction of sp³-hybridized carbons (Fsp3) is 0.250. The smallest absolute Gasteiger partial charge is 0.266 e. The molecule has 0 saturated carbocycles. The number of carbonyl (C=O) groups is 1. The Morgan fingerprint density at radius 1 is 0.829 bits per heavy atom. The fourth-order valence-electron chi connectivity index (χ4n) is 5.31. The van der Waals surface area contributed by atoms with Crippen LogP contribution in [-0.4, -0.2) is 26.9 Å². The van der Waals surface area contributed by atoms with Crippen molar-refractivity contribution in [2.45, 2.75) is 52.0 Å². The van der Waals surface area contributed by atoms with Crippen LogP contribution in [0.2, 0.25) is 0 Å². The lowest BCUT2D eigenvalue weighted by atomic mass is 9.86. The molecule has 0 fully saturated rings. The van der Waals surface area contributed by atoms with Gasteiger partial charge in [0.05, 0.1) is 22.6 Å². The van der Waals surface area contributed by atoms with Crippen molar-refractivity contribution in [3.63, 3.8) is 0 Å². The summed E-state index contributed by atoms with van der Waals surface area (Å²) in [7, 11) is 0. The minimum absolute atomic E-state index is 0.0126. The SMILES string of the molecule is CCC(c1nc2ccccc2c(=O)n1-c1ccccc1)N(CCc1ccccc1)C(=O)c1ccc(C(C)(C)C)cc1. The molecular weight excluding hydrogens is 506 g/mol. The molecule has 41 heavy (non-hydrogen) atoms. The van der Waals surface area contributed by atoms with E-state index < -0.39 is 6.04 Å². The normalized spacial score (nSPS) is 12.3. The largest absolute Gasteiger partial charge is 0.328 e. The molecule has 0 saturated heterocycles. The average Bonchev–Trinajstić information content (AvgIpc) is 2.99. The van der Waals surface area contributed by atoms with Crippen molar-refractivity contribution in [1.82, 2.24) is 14.5 Å². The second-order valence-electron chi connectivity index (χ2n) is 11.4. The Balaban J connectivity index is 1.65. The molecule has 5 rings (SSSR count). The van der Waals surface area contributed by atoms with Crippen LogP contribution in [0.5, 0.6) is 0 Å². The quantitative estimate of drug-likeness (QED) is 0.203. The third-order valence-corrected chi connectivity index (χ3v) is 7.62. The van der Waals surface area contributed by atoms with Crippen LogP contribution in [0.1, 0.15) is 67.5 Å². The highest BCUT2D eigenvalue weighted by Gasteiger charge is 2.30. The Hall–Kier alpha value is -4.51. The van der Waals surface area contributed by atoms with Crippen LogP contribution in [0, 0.1) is 0 Å². The average molecular weight is 544 g/mol. The van der Waals surface area contributed by atoms with Gasteiger partial charge in [0.2, 0.25) is 0 Å². The van der Waals surface area contributed by atoms with Crippen molar-refractivity contribution in [3.8, 4) is 5.69 Å². The number of aromatic nitrogens is 2. The van der Waals surface area contributed by atoms with Gasteiger partial charge in [0.1, 0.15) is 5.82 Å². The Morgan fingerprint density at radius 2 is 1.44 bits per heavy atom. The monoisotopic (exact) mass is 543 g/mol. The number of fused-ring (bicyclic) bond motifs is 1. The van der Waals surface area contributed by atoms with E-state index in [0.717, 1.165) is 11.3 Å². The van der Waals surface area contributed by atoms with Crippen molar-refractivity contribution in [3.05, 3.63) is 142 Å². The summed E-state index contributed by atoms with van der Waals surface area (Å²) >= 11 is 0. The molecule has 5 aromatic rings. The van der Waals surface area contributed by atoms with Crippen molar-refractivity contribution in [2.75, 3.05) is 6.54 Å². The lowest BCUT2D eigenvalue weighted by molar-refractivity contribution is 0.0661. The number of carbonyl (C=O) groups excluding carboxylic acids is 1. The summed E-state index contributed by atoms with van der Waals surface area (Å²) in [5.41, 5.74) is 4.15. The maximum absolute atomic E-state index is 14.3. The van der Waals surface area contributed by atoms with Gasteiger partial charge in [-0.25, -0.2) is 4.98 Å². The number of rotatable bonds is 8. The Labute approximate surface area is 242 Å². The van der Waals surface area contributed by atoms with Gasteiger partial charge in [0.15, 0.2) is 0 Å². The molecule has 0 spiro atoms. The van der Waals surface area contributed by atoms with Crippen LogP contribution < -0.4 is 5.56 Å². The van der Waals surface area contributed by atoms with Gasteiger partial charge in [-0.3, -0.25) is 14.2 Å². The number of amides is 1. The van der Waals surface area contributed by atoms with Gasteiger partial charge in [0, 0.05) is 12.1 Å². The molecule has 0 N–H and O–H groups in total. The Kier molecular flexibility index (Phi) is 8.16. The third kappa shape index (κ3) is 5.99. The van der Waals surface area contributed by atoms with E-state index in [9.17, 15) is 9.59 Å². The van der Waals surface area contributed by atoms with Gasteiger partial charge in [-0.05, 0) is 65.8 Å². The third-order valence-electron chi connectivity index (χ3n) is 7.62. The summed E-state index contributed by atoms with van der Waals surface area (Å²) in [6, 6.07) is 34.7. The Bertz CT molecular complexity index is 1690. The number of hydrogen-bond donors (Lipinski definition) is 0. The molecule has 5 nitrogen and oxygen atoms in total. The minimum atomic E-state index is -0.425. The molecule has 1 amide bonds. The molecule has 208 valence electrons. The first-order valence-electron chi connectivity index (χ1n) is 14.3. The minimum Gasteiger partial charge on any atom is -0.328 e. The van der Waals surface area contributed by atoms with E-state index in [1.165, 1.54) is 5.56 Å². The van der Waals surface area contributed by atoms with Crippen molar-refractivity contribution < 1.29 is 4.79 Å². The molecule has 1 atom stereocenters. The van der Waals surface area contributed by atoms with Crippen molar-refractivity contribution in [2.24, 2.45) is 0 Å². The van der Waals surface area contributed by atoms with E-state index in [1.807, 2.05) is 109 Å². The predicted molar refractivity (Wildman–Crippen MR) is 167 cm³/mol. The molecule has 0 radical (unpaired) electrons. The summed E-state index contributed by atoms with van der Waals surface area (Å²) in [6.45, 7) is 9.03. The molecule has 0 aliphatic rings. The van der Waals surface area contributed by atoms with Crippen molar-refractivity contribution in [1.29, 1.82) is 0 Å². The molecule has 1 aromatic heterocycles. The summed E-state index contributed by atoms with van der Waals surface area (Å²) < 4.78 is 1.68. The maximum Gasteiger partial charge on any atom is 0.266 e. The number of nitrogens with zero attached hydrogens (tertiary/aromatic N) is 3. The van der Waals surface area contributed by atoms with E-state index in [2.05, 4.69) is 32.9 Å². The zero-order chi connectivity index (χ0) is 29.0. The highest BCUT2D eigenvalue weighted by atomic mass is 16.2. The molecule has 0 aliphatic carbocycles. The molecular formula is C36H37N3O2. The molecule has 0 bridgehead atoms. The van der Waals surface area contributed by atoms with Gasteiger partial charge in [0.25, 0.3) is 11.5 Å². The summed E-state index contributed by atoms with van der Waals surface area (Å²) in [5, 5.41) is 0.551. The lowest BCUT2D eigenvalue weighted by Crippen LogP contribution is -2.39. The maximum atomic E-state index is 14.3. The van der Waals surface area contributed by atoms with Crippen LogP contribution in [0.15, 0.2) is 114 Å². The number of para-hydroxylation sites is 2. The van der Waals surface area contributed by atoms with Gasteiger partial charge < -0.3 is 4.90 Å². The van der Waals surface area contributed by atoms with Crippen molar-refractivity contribution >= 4 is 16.8 Å². The fourth-order valence-corrected chi connectivity index (χ4v) is 5.31. The summed E-state index contributed by atoms with van der Waals surface area (Å²) in [5.74, 6) is 0.491. The first kappa shape index (κ1) is 28.0. The van der Waals surface area contributed by atoms with E-state index in [-0.39, 0.29) is 16.9 Å². The van der Waals surface area contributed by atoms with Gasteiger partial charge >= 0.3 is 0 Å².